The number of anilines is 1. The lowest BCUT2D eigenvalue weighted by atomic mass is 10.1. The number of nitrogens with one attached hydrogen (secondary N) is 1. The Balaban J connectivity index is 1.80. The first-order chi connectivity index (χ1) is 15.1. The van der Waals surface area contributed by atoms with Crippen molar-refractivity contribution < 1.29 is 23.8 Å². The molecule has 7 nitrogen and oxygen atoms in total. The van der Waals surface area contributed by atoms with Crippen LogP contribution in [0.2, 0.25) is 0 Å². The maximum atomic E-state index is 13.4. The lowest BCUT2D eigenvalue weighted by Gasteiger charge is -2.34. The molecule has 0 fully saturated rings. The minimum Gasteiger partial charge on any atom is -0.493 e. The Kier molecular flexibility index (Phi) is 7.76. The van der Waals surface area contributed by atoms with Crippen molar-refractivity contribution in [2.45, 2.75) is 38.7 Å². The summed E-state index contributed by atoms with van der Waals surface area (Å²) in [4.78, 5) is 27.1. The van der Waals surface area contributed by atoms with E-state index in [0.717, 1.165) is 12.8 Å². The number of hydrogen-bond acceptors (Lipinski definition) is 5. The van der Waals surface area contributed by atoms with Crippen LogP contribution in [0.15, 0.2) is 42.5 Å². The molecule has 1 atom stereocenters. The monoisotopic (exact) mass is 426 g/mol. The molecule has 166 valence electrons. The van der Waals surface area contributed by atoms with Crippen molar-refractivity contribution in [3.8, 4) is 17.2 Å². The molecule has 1 N–H and O–H groups in total. The van der Waals surface area contributed by atoms with Crippen molar-refractivity contribution in [1.29, 1.82) is 0 Å². The average molecular weight is 427 g/mol. The second-order valence-electron chi connectivity index (χ2n) is 7.38. The lowest BCUT2D eigenvalue weighted by molar-refractivity contribution is -0.127. The van der Waals surface area contributed by atoms with Gasteiger partial charge in [0.25, 0.3) is 11.8 Å². The van der Waals surface area contributed by atoms with Gasteiger partial charge in [-0.1, -0.05) is 38.3 Å². The van der Waals surface area contributed by atoms with Crippen molar-refractivity contribution >= 4 is 17.5 Å². The number of unbranched alkanes of at least 4 members (excludes halogenated alkanes) is 3. The van der Waals surface area contributed by atoms with Gasteiger partial charge in [0, 0.05) is 12.6 Å². The predicted octanol–water partition coefficient (Wildman–Crippen LogP) is 3.81. The van der Waals surface area contributed by atoms with Crippen LogP contribution < -0.4 is 24.4 Å². The molecule has 2 amide bonds. The summed E-state index contributed by atoms with van der Waals surface area (Å²) in [6.07, 6.45) is 3.68. The zero-order chi connectivity index (χ0) is 22.2. The Labute approximate surface area is 183 Å². The largest absolute Gasteiger partial charge is 0.493 e. The molecule has 0 radical (unpaired) electrons. The zero-order valence-electron chi connectivity index (χ0n) is 18.3. The van der Waals surface area contributed by atoms with E-state index in [2.05, 4.69) is 12.2 Å². The van der Waals surface area contributed by atoms with Crippen LogP contribution in [-0.4, -0.2) is 45.2 Å². The highest BCUT2D eigenvalue weighted by molar-refractivity contribution is 6.08. The van der Waals surface area contributed by atoms with E-state index in [1.54, 1.807) is 49.4 Å². The van der Waals surface area contributed by atoms with Gasteiger partial charge in [-0.2, -0.15) is 0 Å². The molecule has 1 heterocycles. The second kappa shape index (κ2) is 10.7. The number of benzene rings is 2. The highest BCUT2D eigenvalue weighted by Gasteiger charge is 2.34. The van der Waals surface area contributed by atoms with Crippen molar-refractivity contribution in [1.82, 2.24) is 5.32 Å². The van der Waals surface area contributed by atoms with Crippen LogP contribution in [0.4, 0.5) is 5.69 Å². The summed E-state index contributed by atoms with van der Waals surface area (Å²) in [5.74, 6) is 1.09. The Morgan fingerprint density at radius 3 is 2.68 bits per heavy atom. The Morgan fingerprint density at radius 1 is 1.13 bits per heavy atom. The number of para-hydroxylation sites is 2. The van der Waals surface area contributed by atoms with Gasteiger partial charge >= 0.3 is 0 Å². The summed E-state index contributed by atoms with van der Waals surface area (Å²) in [7, 11) is 3.10. The third-order valence-electron chi connectivity index (χ3n) is 5.22. The van der Waals surface area contributed by atoms with Crippen LogP contribution in [0.5, 0.6) is 17.2 Å². The number of amides is 2. The molecule has 31 heavy (non-hydrogen) atoms. The number of likely N-dealkylation sites (N-methyl/N-ethyl adjacent to an activating group) is 1. The molecule has 0 bridgehead atoms. The molecule has 0 unspecified atom stereocenters. The molecule has 0 aliphatic carbocycles. The number of carbonyl (C=O) groups excluding carboxylic acids is 2. The summed E-state index contributed by atoms with van der Waals surface area (Å²) in [5, 5.41) is 2.58. The maximum Gasteiger partial charge on any atom is 0.262 e. The number of methoxy groups -OCH3 is 1. The van der Waals surface area contributed by atoms with E-state index in [1.165, 1.54) is 12.8 Å². The molecule has 0 aromatic heterocycles. The van der Waals surface area contributed by atoms with Gasteiger partial charge in [0.2, 0.25) is 0 Å². The van der Waals surface area contributed by atoms with E-state index < -0.39 is 6.10 Å². The van der Waals surface area contributed by atoms with Gasteiger partial charge in [0.15, 0.2) is 17.6 Å². The van der Waals surface area contributed by atoms with E-state index in [9.17, 15) is 9.59 Å². The first kappa shape index (κ1) is 22.5. The van der Waals surface area contributed by atoms with Crippen LogP contribution in [0.25, 0.3) is 0 Å². The van der Waals surface area contributed by atoms with E-state index in [4.69, 9.17) is 14.2 Å². The number of ether oxygens (including phenoxy) is 3. The molecule has 0 saturated heterocycles. The average Bonchev–Trinajstić information content (AvgIpc) is 2.82. The smallest absolute Gasteiger partial charge is 0.262 e. The van der Waals surface area contributed by atoms with Crippen LogP contribution >= 0.6 is 0 Å². The van der Waals surface area contributed by atoms with Gasteiger partial charge in [0.1, 0.15) is 5.75 Å². The fraction of sp³-hybridized carbons (Fsp3) is 0.417. The standard InChI is InChI=1S/C24H30N2O5/c1-4-5-6-9-14-30-20-13-12-17(15-21(20)29-3)24(28)26-16-22(23(27)25-2)31-19-11-8-7-10-18(19)26/h7-8,10-13,15,22H,4-6,9,14,16H2,1-3H3,(H,25,27)/t22-/m1/s1. The first-order valence-electron chi connectivity index (χ1n) is 10.7. The second-order valence-corrected chi connectivity index (χ2v) is 7.38. The van der Waals surface area contributed by atoms with Gasteiger partial charge in [-0.15, -0.1) is 0 Å². The quantitative estimate of drug-likeness (QED) is 0.617. The highest BCUT2D eigenvalue weighted by atomic mass is 16.5. The Hall–Kier alpha value is -3.22. The number of nitrogens with zero attached hydrogens (tertiary/aromatic N) is 1. The minimum absolute atomic E-state index is 0.119. The fourth-order valence-electron chi connectivity index (χ4n) is 3.51. The molecule has 7 heteroatoms. The molecule has 2 aromatic carbocycles. The molecular formula is C24H30N2O5. The Bertz CT molecular complexity index is 915. The van der Waals surface area contributed by atoms with Crippen LogP contribution in [-0.2, 0) is 4.79 Å². The summed E-state index contributed by atoms with van der Waals surface area (Å²) < 4.78 is 17.1. The number of fused-ring (bicyclic) bond motifs is 1. The van der Waals surface area contributed by atoms with Crippen molar-refractivity contribution in [3.63, 3.8) is 0 Å². The number of carbonyl (C=O) groups is 2. The summed E-state index contributed by atoms with van der Waals surface area (Å²) in [6.45, 7) is 2.89. The van der Waals surface area contributed by atoms with E-state index in [0.29, 0.717) is 35.1 Å². The third kappa shape index (κ3) is 5.29. The molecule has 3 rings (SSSR count). The fourth-order valence-corrected chi connectivity index (χ4v) is 3.51. The number of hydrogen-bond donors (Lipinski definition) is 1. The molecule has 2 aromatic rings. The Morgan fingerprint density at radius 2 is 1.94 bits per heavy atom. The molecule has 1 aliphatic heterocycles. The van der Waals surface area contributed by atoms with Crippen molar-refractivity contribution in [2.24, 2.45) is 0 Å². The van der Waals surface area contributed by atoms with Gasteiger partial charge in [-0.05, 0) is 36.8 Å². The van der Waals surface area contributed by atoms with Crippen LogP contribution in [0.3, 0.4) is 0 Å². The topological polar surface area (TPSA) is 77.1 Å². The van der Waals surface area contributed by atoms with E-state index in [-0.39, 0.29) is 18.4 Å². The van der Waals surface area contributed by atoms with E-state index in [1.807, 2.05) is 12.1 Å². The van der Waals surface area contributed by atoms with E-state index >= 15 is 0 Å². The normalized spacial score (nSPS) is 14.9. The lowest BCUT2D eigenvalue weighted by Crippen LogP contribution is -2.50. The van der Waals surface area contributed by atoms with Crippen LogP contribution in [0.1, 0.15) is 43.0 Å². The van der Waals surface area contributed by atoms with Crippen LogP contribution in [0, 0.1) is 0 Å². The molecule has 1 aliphatic rings. The summed E-state index contributed by atoms with van der Waals surface area (Å²) in [5.41, 5.74) is 1.07. The first-order valence-corrected chi connectivity index (χ1v) is 10.7. The third-order valence-corrected chi connectivity index (χ3v) is 5.22. The summed E-state index contributed by atoms with van der Waals surface area (Å²) in [6, 6.07) is 12.4. The van der Waals surface area contributed by atoms with Gasteiger partial charge in [-0.25, -0.2) is 0 Å². The SMILES string of the molecule is CCCCCCOc1ccc(C(=O)N2C[C@H](C(=O)NC)Oc3ccccc32)cc1OC. The minimum atomic E-state index is -0.781. The predicted molar refractivity (Wildman–Crippen MR) is 119 cm³/mol. The zero-order valence-corrected chi connectivity index (χ0v) is 18.3. The van der Waals surface area contributed by atoms with Gasteiger partial charge in [-0.3, -0.25) is 9.59 Å². The number of rotatable bonds is 9. The van der Waals surface area contributed by atoms with Gasteiger partial charge in [0.05, 0.1) is 25.9 Å². The molecule has 0 saturated carbocycles. The van der Waals surface area contributed by atoms with Gasteiger partial charge < -0.3 is 24.4 Å². The van der Waals surface area contributed by atoms with Crippen molar-refractivity contribution in [3.05, 3.63) is 48.0 Å². The molecular weight excluding hydrogens is 396 g/mol. The highest BCUT2D eigenvalue weighted by Crippen LogP contribution is 2.35. The van der Waals surface area contributed by atoms with Crippen molar-refractivity contribution in [2.75, 3.05) is 32.2 Å². The summed E-state index contributed by atoms with van der Waals surface area (Å²) >= 11 is 0. The molecule has 0 spiro atoms. The maximum absolute atomic E-state index is 13.4.